The molecule has 0 aliphatic carbocycles. The Morgan fingerprint density at radius 3 is 2.36 bits per heavy atom. The first kappa shape index (κ1) is 18.1. The lowest BCUT2D eigenvalue weighted by atomic mass is 10.1. The van der Waals surface area contributed by atoms with Gasteiger partial charge in [-0.1, -0.05) is 43.3 Å². The van der Waals surface area contributed by atoms with Crippen LogP contribution >= 0.6 is 0 Å². The minimum absolute atomic E-state index is 0.637. The van der Waals surface area contributed by atoms with Crippen LogP contribution in [-0.2, 0) is 13.0 Å². The minimum Gasteiger partial charge on any atom is -0.497 e. The Hall–Kier alpha value is -3.33. The van der Waals surface area contributed by atoms with Gasteiger partial charge >= 0.3 is 0 Å². The highest BCUT2D eigenvalue weighted by molar-refractivity contribution is 5.79. The van der Waals surface area contributed by atoms with Crippen LogP contribution in [0.4, 0.5) is 0 Å². The lowest BCUT2D eigenvalue weighted by molar-refractivity contribution is 0.415. The van der Waals surface area contributed by atoms with Crippen molar-refractivity contribution in [3.05, 3.63) is 95.3 Å². The highest BCUT2D eigenvalue weighted by Gasteiger charge is 2.07. The second-order valence-corrected chi connectivity index (χ2v) is 6.71. The summed E-state index contributed by atoms with van der Waals surface area (Å²) in [5, 5.41) is 2.00. The molecule has 4 aromatic rings. The monoisotopic (exact) mass is 369 g/mol. The van der Waals surface area contributed by atoms with Crippen LogP contribution in [-0.4, -0.2) is 7.11 Å². The molecule has 0 saturated heterocycles. The van der Waals surface area contributed by atoms with E-state index in [1.807, 2.05) is 54.6 Å². The number of fused-ring (bicyclic) bond motifs is 1. The van der Waals surface area contributed by atoms with E-state index in [4.69, 9.17) is 14.1 Å². The molecule has 0 aliphatic heterocycles. The predicted octanol–water partition coefficient (Wildman–Crippen LogP) is 5.77. The zero-order valence-electron chi connectivity index (χ0n) is 16.2. The van der Waals surface area contributed by atoms with Gasteiger partial charge in [0.25, 0.3) is 0 Å². The Kier molecular flexibility index (Phi) is 5.24. The third kappa shape index (κ3) is 3.84. The smallest absolute Gasteiger partial charge is 0.136 e. The van der Waals surface area contributed by atoms with E-state index in [-0.39, 0.29) is 0 Å². The van der Waals surface area contributed by atoms with Gasteiger partial charge < -0.3 is 9.15 Å². The summed E-state index contributed by atoms with van der Waals surface area (Å²) in [6.07, 6.45) is 0.980. The first-order valence-electron chi connectivity index (χ1n) is 9.52. The third-order valence-electron chi connectivity index (χ3n) is 4.87. The van der Waals surface area contributed by atoms with Gasteiger partial charge in [0.1, 0.15) is 17.1 Å². The van der Waals surface area contributed by atoms with Crippen molar-refractivity contribution in [1.82, 2.24) is 0 Å². The molecule has 0 unspecified atom stereocenters. The first-order chi connectivity index (χ1) is 13.8. The highest BCUT2D eigenvalue weighted by atomic mass is 16.5. The summed E-state index contributed by atoms with van der Waals surface area (Å²) in [4.78, 5) is 4.92. The molecule has 1 aromatic heterocycles. The van der Waals surface area contributed by atoms with Crippen LogP contribution in [0.25, 0.3) is 22.3 Å². The summed E-state index contributed by atoms with van der Waals surface area (Å²) in [5.74, 6) is 1.62. The van der Waals surface area contributed by atoms with Gasteiger partial charge in [-0.2, -0.15) is 0 Å². The van der Waals surface area contributed by atoms with Gasteiger partial charge in [0.15, 0.2) is 0 Å². The van der Waals surface area contributed by atoms with Crippen LogP contribution < -0.4 is 10.1 Å². The number of ether oxygens (including phenoxy) is 1. The fraction of sp³-hybridized carbons (Fsp3) is 0.160. The summed E-state index contributed by atoms with van der Waals surface area (Å²) >= 11 is 0. The molecule has 0 radical (unpaired) electrons. The molecule has 4 rings (SSSR count). The van der Waals surface area contributed by atoms with Gasteiger partial charge in [0.05, 0.1) is 19.0 Å². The lowest BCUT2D eigenvalue weighted by Gasteiger charge is -2.07. The Bertz CT molecular complexity index is 1140. The van der Waals surface area contributed by atoms with Crippen LogP contribution in [0.15, 0.2) is 88.3 Å². The number of rotatable bonds is 5. The van der Waals surface area contributed by atoms with E-state index in [1.54, 1.807) is 7.11 Å². The molecule has 3 nitrogen and oxygen atoms in total. The number of benzene rings is 3. The molecule has 0 atom stereocenters. The number of hydrogen-bond donors (Lipinski definition) is 0. The molecule has 0 saturated carbocycles. The van der Waals surface area contributed by atoms with Crippen LogP contribution in [0.3, 0.4) is 0 Å². The lowest BCUT2D eigenvalue weighted by Crippen LogP contribution is -2.05. The fourth-order valence-electron chi connectivity index (χ4n) is 3.22. The van der Waals surface area contributed by atoms with Crippen molar-refractivity contribution in [3.8, 4) is 17.1 Å². The van der Waals surface area contributed by atoms with E-state index < -0.39 is 0 Å². The van der Waals surface area contributed by atoms with Crippen molar-refractivity contribution >= 4 is 11.0 Å². The van der Waals surface area contributed by atoms with Crippen LogP contribution in [0.5, 0.6) is 5.75 Å². The van der Waals surface area contributed by atoms with E-state index in [2.05, 4.69) is 31.2 Å². The molecule has 0 aliphatic rings. The van der Waals surface area contributed by atoms with Crippen molar-refractivity contribution in [2.24, 2.45) is 4.99 Å². The van der Waals surface area contributed by atoms with Crippen molar-refractivity contribution < 1.29 is 9.15 Å². The second kappa shape index (κ2) is 8.13. The third-order valence-corrected chi connectivity index (χ3v) is 4.87. The van der Waals surface area contributed by atoms with E-state index >= 15 is 0 Å². The van der Waals surface area contributed by atoms with Crippen molar-refractivity contribution in [2.45, 2.75) is 19.9 Å². The van der Waals surface area contributed by atoms with E-state index in [9.17, 15) is 0 Å². The van der Waals surface area contributed by atoms with Gasteiger partial charge in [-0.05, 0) is 53.9 Å². The van der Waals surface area contributed by atoms with Gasteiger partial charge in [-0.25, -0.2) is 0 Å². The molecule has 0 fully saturated rings. The summed E-state index contributed by atoms with van der Waals surface area (Å²) < 4.78 is 11.5. The zero-order valence-corrected chi connectivity index (χ0v) is 16.2. The average Bonchev–Trinajstić information content (AvgIpc) is 2.77. The Morgan fingerprint density at radius 2 is 1.64 bits per heavy atom. The molecule has 0 amide bonds. The van der Waals surface area contributed by atoms with Crippen molar-refractivity contribution in [2.75, 3.05) is 7.11 Å². The molecule has 0 spiro atoms. The number of hydrogen-bond acceptors (Lipinski definition) is 3. The molecule has 1 heterocycles. The molecular weight excluding hydrogens is 346 g/mol. The first-order valence-corrected chi connectivity index (χ1v) is 9.52. The van der Waals surface area contributed by atoms with Gasteiger partial charge in [0, 0.05) is 17.0 Å². The maximum atomic E-state index is 6.21. The summed E-state index contributed by atoms with van der Waals surface area (Å²) in [6.45, 7) is 2.79. The van der Waals surface area contributed by atoms with Crippen molar-refractivity contribution in [1.29, 1.82) is 0 Å². The Balaban J connectivity index is 1.85. The summed E-state index contributed by atoms with van der Waals surface area (Å²) in [5.41, 5.74) is 4.31. The topological polar surface area (TPSA) is 34.7 Å². The molecule has 140 valence electrons. The largest absolute Gasteiger partial charge is 0.497 e. The minimum atomic E-state index is 0.637. The number of aryl methyl sites for hydroxylation is 1. The summed E-state index contributed by atoms with van der Waals surface area (Å²) in [7, 11) is 1.67. The van der Waals surface area contributed by atoms with E-state index in [0.29, 0.717) is 6.54 Å². The van der Waals surface area contributed by atoms with E-state index in [1.165, 1.54) is 11.1 Å². The van der Waals surface area contributed by atoms with Crippen LogP contribution in [0.2, 0.25) is 0 Å². The van der Waals surface area contributed by atoms with Crippen molar-refractivity contribution in [3.63, 3.8) is 0 Å². The maximum absolute atomic E-state index is 6.21. The normalized spacial score (nSPS) is 11.7. The standard InChI is InChI=1S/C25H23NO2/c1-3-18-9-14-24-22(15-18)23(26-17-19-7-5-4-6-8-19)16-25(28-24)20-10-12-21(27-2)13-11-20/h4-16H,3,17H2,1-2H3. The Morgan fingerprint density at radius 1 is 0.857 bits per heavy atom. The predicted molar refractivity (Wildman–Crippen MR) is 113 cm³/mol. The Labute approximate surface area is 165 Å². The van der Waals surface area contributed by atoms with Crippen LogP contribution in [0, 0.1) is 0 Å². The molecule has 3 heteroatoms. The zero-order chi connectivity index (χ0) is 19.3. The maximum Gasteiger partial charge on any atom is 0.136 e. The molecule has 28 heavy (non-hydrogen) atoms. The highest BCUT2D eigenvalue weighted by Crippen LogP contribution is 2.25. The summed E-state index contributed by atoms with van der Waals surface area (Å²) in [6, 6.07) is 26.6. The fourth-order valence-corrected chi connectivity index (χ4v) is 3.22. The van der Waals surface area contributed by atoms with E-state index in [0.717, 1.165) is 39.8 Å². The van der Waals surface area contributed by atoms with Crippen LogP contribution in [0.1, 0.15) is 18.1 Å². The molecule has 0 N–H and O–H groups in total. The quantitative estimate of drug-likeness (QED) is 0.447. The number of nitrogens with zero attached hydrogens (tertiary/aromatic N) is 1. The SMILES string of the molecule is CCc1ccc2oc(-c3ccc(OC)cc3)cc(=NCc3ccccc3)c2c1. The molecule has 3 aromatic carbocycles. The van der Waals surface area contributed by atoms with Gasteiger partial charge in [-0.15, -0.1) is 0 Å². The number of methoxy groups -OCH3 is 1. The molecular formula is C25H23NO2. The second-order valence-electron chi connectivity index (χ2n) is 6.71. The van der Waals surface area contributed by atoms with Gasteiger partial charge in [0.2, 0.25) is 0 Å². The average molecular weight is 369 g/mol. The molecule has 0 bridgehead atoms. The van der Waals surface area contributed by atoms with Gasteiger partial charge in [-0.3, -0.25) is 4.99 Å².